The smallest absolute Gasteiger partial charge is 0.293 e. The van der Waals surface area contributed by atoms with E-state index in [0.29, 0.717) is 6.61 Å². The number of methoxy groups -OCH3 is 1. The van der Waals surface area contributed by atoms with Crippen molar-refractivity contribution < 1.29 is 9.66 Å². The van der Waals surface area contributed by atoms with E-state index in [4.69, 9.17) is 10.6 Å². The lowest BCUT2D eigenvalue weighted by Gasteiger charge is -2.04. The van der Waals surface area contributed by atoms with E-state index in [1.54, 1.807) is 19.2 Å². The van der Waals surface area contributed by atoms with Crippen molar-refractivity contribution >= 4 is 11.4 Å². The van der Waals surface area contributed by atoms with Crippen molar-refractivity contribution in [3.63, 3.8) is 0 Å². The van der Waals surface area contributed by atoms with Crippen molar-refractivity contribution in [2.45, 2.75) is 6.61 Å². The van der Waals surface area contributed by atoms with Gasteiger partial charge in [-0.1, -0.05) is 0 Å². The minimum atomic E-state index is -0.494. The van der Waals surface area contributed by atoms with Crippen LogP contribution < -0.4 is 11.3 Å². The van der Waals surface area contributed by atoms with Crippen LogP contribution in [-0.2, 0) is 11.3 Å². The first-order chi connectivity index (χ1) is 6.69. The summed E-state index contributed by atoms with van der Waals surface area (Å²) < 4.78 is 4.89. The molecule has 3 N–H and O–H groups in total. The van der Waals surface area contributed by atoms with E-state index in [0.717, 1.165) is 5.56 Å². The molecule has 14 heavy (non-hydrogen) atoms. The van der Waals surface area contributed by atoms with Crippen LogP contribution in [0, 0.1) is 10.1 Å². The molecule has 76 valence electrons. The molecule has 0 aromatic heterocycles. The Morgan fingerprint density at radius 1 is 1.64 bits per heavy atom. The summed E-state index contributed by atoms with van der Waals surface area (Å²) in [4.78, 5) is 10.0. The molecule has 0 saturated carbocycles. The van der Waals surface area contributed by atoms with Crippen molar-refractivity contribution in [3.8, 4) is 0 Å². The molecule has 0 aliphatic heterocycles. The van der Waals surface area contributed by atoms with Gasteiger partial charge in [-0.3, -0.25) is 16.0 Å². The molecule has 6 nitrogen and oxygen atoms in total. The van der Waals surface area contributed by atoms with E-state index < -0.39 is 4.92 Å². The summed E-state index contributed by atoms with van der Waals surface area (Å²) in [5.41, 5.74) is 3.34. The second kappa shape index (κ2) is 4.54. The number of benzene rings is 1. The van der Waals surface area contributed by atoms with Gasteiger partial charge in [0.1, 0.15) is 5.69 Å². The zero-order valence-electron chi connectivity index (χ0n) is 7.69. The molecule has 6 heteroatoms. The fraction of sp³-hybridized carbons (Fsp3) is 0.250. The largest absolute Gasteiger partial charge is 0.380 e. The lowest BCUT2D eigenvalue weighted by atomic mass is 10.2. The molecule has 0 unspecified atom stereocenters. The van der Waals surface area contributed by atoms with Crippen LogP contribution in [0.3, 0.4) is 0 Å². The van der Waals surface area contributed by atoms with Crippen LogP contribution in [0.2, 0.25) is 0 Å². The highest BCUT2D eigenvalue weighted by molar-refractivity contribution is 5.61. The third kappa shape index (κ3) is 2.18. The van der Waals surface area contributed by atoms with Gasteiger partial charge in [0.25, 0.3) is 5.69 Å². The van der Waals surface area contributed by atoms with E-state index in [9.17, 15) is 10.1 Å². The summed E-state index contributed by atoms with van der Waals surface area (Å²) in [5.74, 6) is 5.16. The minimum Gasteiger partial charge on any atom is -0.380 e. The summed E-state index contributed by atoms with van der Waals surface area (Å²) in [7, 11) is 1.55. The Hall–Kier alpha value is -1.66. The van der Waals surface area contributed by atoms with Crippen molar-refractivity contribution in [3.05, 3.63) is 33.9 Å². The molecule has 1 aromatic rings. The number of hydrazine groups is 1. The Bertz CT molecular complexity index is 341. The molecule has 0 heterocycles. The number of hydrogen-bond acceptors (Lipinski definition) is 5. The summed E-state index contributed by atoms with van der Waals surface area (Å²) in [6, 6.07) is 4.60. The van der Waals surface area contributed by atoms with Crippen LogP contribution in [0.4, 0.5) is 11.4 Å². The number of ether oxygens (including phenoxy) is 1. The number of hydrogen-bond donors (Lipinski definition) is 2. The second-order valence-corrected chi connectivity index (χ2v) is 2.69. The number of anilines is 1. The fourth-order valence-electron chi connectivity index (χ4n) is 1.11. The summed E-state index contributed by atoms with van der Waals surface area (Å²) >= 11 is 0. The first kappa shape index (κ1) is 10.4. The second-order valence-electron chi connectivity index (χ2n) is 2.69. The standard InChI is InChI=1S/C8H11N3O3/c1-14-5-6-2-3-8(11(12)13)7(4-6)10-9/h2-4,10H,5,9H2,1H3. The molecule has 0 bridgehead atoms. The van der Waals surface area contributed by atoms with Crippen molar-refractivity contribution in [1.29, 1.82) is 0 Å². The Morgan fingerprint density at radius 3 is 2.86 bits per heavy atom. The first-order valence-corrected chi connectivity index (χ1v) is 3.92. The number of rotatable bonds is 4. The zero-order valence-corrected chi connectivity index (χ0v) is 7.69. The average Bonchev–Trinajstić information content (AvgIpc) is 2.17. The molecule has 0 atom stereocenters. The minimum absolute atomic E-state index is 0.0487. The van der Waals surface area contributed by atoms with Crippen LogP contribution >= 0.6 is 0 Å². The third-order valence-electron chi connectivity index (χ3n) is 1.72. The summed E-state index contributed by atoms with van der Waals surface area (Å²) in [5, 5.41) is 10.5. The van der Waals surface area contributed by atoms with Gasteiger partial charge in [0, 0.05) is 13.2 Å². The third-order valence-corrected chi connectivity index (χ3v) is 1.72. The summed E-state index contributed by atoms with van der Waals surface area (Å²) in [6.45, 7) is 0.396. The van der Waals surface area contributed by atoms with Crippen molar-refractivity contribution in [1.82, 2.24) is 0 Å². The molecule has 0 radical (unpaired) electrons. The lowest BCUT2D eigenvalue weighted by Crippen LogP contribution is -2.09. The van der Waals surface area contributed by atoms with E-state index >= 15 is 0 Å². The number of nitro groups is 1. The predicted molar refractivity (Wildman–Crippen MR) is 51.6 cm³/mol. The Labute approximate surface area is 80.8 Å². The average molecular weight is 197 g/mol. The maximum atomic E-state index is 10.5. The SMILES string of the molecule is COCc1ccc([N+](=O)[O-])c(NN)c1. The van der Waals surface area contributed by atoms with Gasteiger partial charge in [-0.05, 0) is 17.7 Å². The fourth-order valence-corrected chi connectivity index (χ4v) is 1.11. The van der Waals surface area contributed by atoms with Crippen LogP contribution in [0.5, 0.6) is 0 Å². The Balaban J connectivity index is 3.05. The molecule has 1 aromatic carbocycles. The Morgan fingerprint density at radius 2 is 2.36 bits per heavy atom. The summed E-state index contributed by atoms with van der Waals surface area (Å²) in [6.07, 6.45) is 0. The van der Waals surface area contributed by atoms with Gasteiger partial charge in [-0.25, -0.2) is 0 Å². The molecule has 1 rings (SSSR count). The van der Waals surface area contributed by atoms with Crippen molar-refractivity contribution in [2.24, 2.45) is 5.84 Å². The molecule has 0 spiro atoms. The molecule has 0 fully saturated rings. The van der Waals surface area contributed by atoms with E-state index in [2.05, 4.69) is 5.43 Å². The number of nitrogens with one attached hydrogen (secondary N) is 1. The number of nitrogens with zero attached hydrogens (tertiary/aromatic N) is 1. The predicted octanol–water partition coefficient (Wildman–Crippen LogP) is 1.03. The van der Waals surface area contributed by atoms with Crippen LogP contribution in [-0.4, -0.2) is 12.0 Å². The van der Waals surface area contributed by atoms with Crippen LogP contribution in [0.15, 0.2) is 18.2 Å². The van der Waals surface area contributed by atoms with Gasteiger partial charge in [0.15, 0.2) is 0 Å². The molecular weight excluding hydrogens is 186 g/mol. The maximum absolute atomic E-state index is 10.5. The van der Waals surface area contributed by atoms with Gasteiger partial charge in [0.05, 0.1) is 11.5 Å². The molecule has 0 aliphatic carbocycles. The van der Waals surface area contributed by atoms with Crippen LogP contribution in [0.1, 0.15) is 5.56 Å². The molecule has 0 aliphatic rings. The normalized spacial score (nSPS) is 9.86. The van der Waals surface area contributed by atoms with Gasteiger partial charge < -0.3 is 10.2 Å². The van der Waals surface area contributed by atoms with Gasteiger partial charge in [-0.2, -0.15) is 0 Å². The van der Waals surface area contributed by atoms with E-state index in [1.807, 2.05) is 0 Å². The van der Waals surface area contributed by atoms with E-state index in [-0.39, 0.29) is 11.4 Å². The van der Waals surface area contributed by atoms with Gasteiger partial charge in [0.2, 0.25) is 0 Å². The zero-order chi connectivity index (χ0) is 10.6. The Kier molecular flexibility index (Phi) is 3.38. The molecular formula is C8H11N3O3. The topological polar surface area (TPSA) is 90.4 Å². The van der Waals surface area contributed by atoms with Crippen molar-refractivity contribution in [2.75, 3.05) is 12.5 Å². The van der Waals surface area contributed by atoms with Gasteiger partial charge >= 0.3 is 0 Å². The highest BCUT2D eigenvalue weighted by atomic mass is 16.6. The number of nitrogens with two attached hydrogens (primary N) is 1. The molecule has 0 amide bonds. The van der Waals surface area contributed by atoms with E-state index in [1.165, 1.54) is 6.07 Å². The molecule has 0 saturated heterocycles. The highest BCUT2D eigenvalue weighted by Crippen LogP contribution is 2.24. The number of nitrogen functional groups attached to an aromatic ring is 1. The quantitative estimate of drug-likeness (QED) is 0.427. The van der Waals surface area contributed by atoms with Gasteiger partial charge in [-0.15, -0.1) is 0 Å². The number of nitro benzene ring substituents is 1. The first-order valence-electron chi connectivity index (χ1n) is 3.92. The highest BCUT2D eigenvalue weighted by Gasteiger charge is 2.12. The monoisotopic (exact) mass is 197 g/mol. The lowest BCUT2D eigenvalue weighted by molar-refractivity contribution is -0.384. The van der Waals surface area contributed by atoms with Crippen LogP contribution in [0.25, 0.3) is 0 Å². The maximum Gasteiger partial charge on any atom is 0.293 e.